The molecule has 1 heterocycles. The van der Waals surface area contributed by atoms with Gasteiger partial charge in [-0.05, 0) is 0 Å². The van der Waals surface area contributed by atoms with Crippen molar-refractivity contribution in [3.05, 3.63) is 0 Å². The molecule has 0 spiro atoms. The summed E-state index contributed by atoms with van der Waals surface area (Å²) in [6, 6.07) is 0. The highest BCUT2D eigenvalue weighted by Gasteiger charge is 2.47. The highest BCUT2D eigenvalue weighted by Crippen LogP contribution is 2.49. The van der Waals surface area contributed by atoms with Gasteiger partial charge in [-0.15, -0.1) is 9.35 Å². The molecular weight excluding hydrogens is 279 g/mol. The Morgan fingerprint density at radius 3 is 2.06 bits per heavy atom. The van der Waals surface area contributed by atoms with Gasteiger partial charge in [0.15, 0.2) is 6.29 Å². The van der Waals surface area contributed by atoms with Gasteiger partial charge in [0.25, 0.3) is 0 Å². The van der Waals surface area contributed by atoms with E-state index >= 15 is 0 Å². The second kappa shape index (κ2) is 6.32. The van der Waals surface area contributed by atoms with E-state index in [1.807, 2.05) is 0 Å². The van der Waals surface area contributed by atoms with Crippen LogP contribution in [0.1, 0.15) is 0 Å². The number of hydrogen-bond donors (Lipinski definition) is 6. The van der Waals surface area contributed by atoms with E-state index < -0.39 is 45.1 Å². The Kier molecular flexibility index (Phi) is 5.58. The van der Waals surface area contributed by atoms with Gasteiger partial charge in [0, 0.05) is 0 Å². The maximum atomic E-state index is 11.2. The van der Waals surface area contributed by atoms with Crippen molar-refractivity contribution in [2.75, 3.05) is 6.61 Å². The van der Waals surface area contributed by atoms with Gasteiger partial charge in [0.1, 0.15) is 24.4 Å². The smallest absolute Gasteiger partial charge is 0.394 e. The summed E-state index contributed by atoms with van der Waals surface area (Å²) >= 11 is 0. The first kappa shape index (κ1) is 15.9. The number of ether oxygens (including phenoxy) is 1. The molecule has 6 N–H and O–H groups in total. The van der Waals surface area contributed by atoms with E-state index in [0.717, 1.165) is 0 Å². The van der Waals surface area contributed by atoms with Crippen LogP contribution in [0, 0.1) is 0 Å². The lowest BCUT2D eigenvalue weighted by molar-refractivity contribution is -0.300. The van der Waals surface area contributed by atoms with Crippen LogP contribution >= 0.6 is 7.82 Å². The fourth-order valence-electron chi connectivity index (χ4n) is 1.34. The summed E-state index contributed by atoms with van der Waals surface area (Å²) in [7, 11) is -4.82. The predicted molar refractivity (Wildman–Crippen MR) is 49.9 cm³/mol. The summed E-state index contributed by atoms with van der Waals surface area (Å²) in [6.07, 6.45) is -8.52. The average molecular weight is 292 g/mol. The first-order chi connectivity index (χ1) is 8.38. The van der Waals surface area contributed by atoms with Gasteiger partial charge in [-0.1, -0.05) is 0 Å². The van der Waals surface area contributed by atoms with Crippen LogP contribution in [0.4, 0.5) is 0 Å². The fraction of sp³-hybridized carbons (Fsp3) is 1.00. The van der Waals surface area contributed by atoms with Gasteiger partial charge < -0.3 is 25.2 Å². The second-order valence-electron chi connectivity index (χ2n) is 3.41. The van der Waals surface area contributed by atoms with E-state index in [4.69, 9.17) is 20.4 Å². The van der Waals surface area contributed by atoms with E-state index in [1.54, 1.807) is 0 Å². The minimum atomic E-state index is -4.82. The molecule has 0 aromatic rings. The molecule has 0 saturated carbocycles. The fourth-order valence-corrected chi connectivity index (χ4v) is 1.87. The third-order valence-electron chi connectivity index (χ3n) is 2.28. The third-order valence-corrected chi connectivity index (χ3v) is 3.15. The van der Waals surface area contributed by atoms with E-state index in [2.05, 4.69) is 13.9 Å². The van der Waals surface area contributed by atoms with Crippen LogP contribution < -0.4 is 0 Å². The highest BCUT2D eigenvalue weighted by atomic mass is 31.2. The summed E-state index contributed by atoms with van der Waals surface area (Å²) in [4.78, 5) is 0. The second-order valence-corrected chi connectivity index (χ2v) is 4.85. The monoisotopic (exact) mass is 292 g/mol. The van der Waals surface area contributed by atoms with Crippen LogP contribution in [0.15, 0.2) is 0 Å². The summed E-state index contributed by atoms with van der Waals surface area (Å²) in [6.45, 7) is -0.741. The molecule has 1 saturated heterocycles. The molecule has 0 aliphatic carbocycles. The van der Waals surface area contributed by atoms with Crippen LogP contribution in [0.25, 0.3) is 0 Å². The number of aliphatic hydroxyl groups excluding tert-OH is 4. The van der Waals surface area contributed by atoms with Crippen molar-refractivity contribution in [1.29, 1.82) is 0 Å². The van der Waals surface area contributed by atoms with Crippen LogP contribution in [0.3, 0.4) is 0 Å². The molecule has 12 heteroatoms. The predicted octanol–water partition coefficient (Wildman–Crippen LogP) is -2.11. The van der Waals surface area contributed by atoms with Gasteiger partial charge in [-0.2, -0.15) is 0 Å². The zero-order chi connectivity index (χ0) is 13.9. The summed E-state index contributed by atoms with van der Waals surface area (Å²) in [5.74, 6) is 0. The molecule has 1 rings (SSSR count). The van der Waals surface area contributed by atoms with E-state index in [9.17, 15) is 19.9 Å². The lowest BCUT2D eigenvalue weighted by Crippen LogP contribution is -2.58. The number of phosphoric acid groups is 1. The van der Waals surface area contributed by atoms with Gasteiger partial charge in [0.2, 0.25) is 0 Å². The van der Waals surface area contributed by atoms with Gasteiger partial charge >= 0.3 is 7.82 Å². The normalized spacial score (nSPS) is 37.8. The quantitative estimate of drug-likeness (QED) is 0.186. The summed E-state index contributed by atoms with van der Waals surface area (Å²) in [5.41, 5.74) is 0. The molecule has 5 atom stereocenters. The first-order valence-electron chi connectivity index (χ1n) is 4.63. The molecule has 0 amide bonds. The standard InChI is InChI=1S/C6H13O11P/c7-1-2-3(8)4(9)5(10)6(14-2)15-18(13,16-11)17-12/h2-12H,1H2/t2-,3+,4?,5-,6?/m1/s1. The zero-order valence-corrected chi connectivity index (χ0v) is 9.66. The minimum absolute atomic E-state index is 0.741. The van der Waals surface area contributed by atoms with Crippen molar-refractivity contribution < 1.29 is 54.1 Å². The van der Waals surface area contributed by atoms with Crippen LogP contribution in [0.5, 0.6) is 0 Å². The van der Waals surface area contributed by atoms with Crippen molar-refractivity contribution in [3.8, 4) is 0 Å². The molecule has 0 aromatic heterocycles. The summed E-state index contributed by atoms with van der Waals surface area (Å²) in [5, 5.41) is 53.4. The molecular formula is C6H13O11P. The molecule has 0 aromatic carbocycles. The molecule has 1 aliphatic heterocycles. The van der Waals surface area contributed by atoms with Crippen molar-refractivity contribution in [2.24, 2.45) is 0 Å². The maximum absolute atomic E-state index is 11.2. The Hall–Kier alpha value is -0.170. The molecule has 1 aliphatic rings. The van der Waals surface area contributed by atoms with Crippen molar-refractivity contribution >= 4 is 7.82 Å². The minimum Gasteiger partial charge on any atom is -0.394 e. The Bertz CT molecular complexity index is 300. The topological polar surface area (TPSA) is 175 Å². The Balaban J connectivity index is 2.79. The lowest BCUT2D eigenvalue weighted by atomic mass is 10.00. The maximum Gasteiger partial charge on any atom is 0.531 e. The molecule has 0 radical (unpaired) electrons. The van der Waals surface area contributed by atoms with Crippen molar-refractivity contribution in [1.82, 2.24) is 0 Å². The van der Waals surface area contributed by atoms with Crippen molar-refractivity contribution in [3.63, 3.8) is 0 Å². The average Bonchev–Trinajstić information content (AvgIpc) is 2.39. The lowest BCUT2D eigenvalue weighted by Gasteiger charge is -2.39. The Morgan fingerprint density at radius 2 is 1.61 bits per heavy atom. The largest absolute Gasteiger partial charge is 0.531 e. The number of hydrogen-bond acceptors (Lipinski definition) is 11. The molecule has 2 unspecified atom stereocenters. The number of aliphatic hydroxyl groups is 4. The van der Waals surface area contributed by atoms with Crippen LogP contribution in [-0.4, -0.2) is 68.3 Å². The van der Waals surface area contributed by atoms with Gasteiger partial charge in [-0.3, -0.25) is 4.52 Å². The SMILES string of the molecule is O=P(OO)(OO)OC1O[C@H](CO)[C@H](O)C(O)[C@H]1O. The summed E-state index contributed by atoms with van der Waals surface area (Å²) < 4.78 is 26.7. The Labute approximate surface area is 100 Å². The van der Waals surface area contributed by atoms with Crippen LogP contribution in [0.2, 0.25) is 0 Å². The first-order valence-corrected chi connectivity index (χ1v) is 6.10. The highest BCUT2D eigenvalue weighted by molar-refractivity contribution is 7.48. The van der Waals surface area contributed by atoms with Gasteiger partial charge in [-0.25, -0.2) is 15.1 Å². The Morgan fingerprint density at radius 1 is 1.06 bits per heavy atom. The van der Waals surface area contributed by atoms with E-state index in [1.165, 1.54) is 0 Å². The van der Waals surface area contributed by atoms with Crippen LogP contribution in [-0.2, 0) is 23.2 Å². The van der Waals surface area contributed by atoms with E-state index in [0.29, 0.717) is 0 Å². The molecule has 0 bridgehead atoms. The molecule has 11 nitrogen and oxygen atoms in total. The molecule has 108 valence electrons. The zero-order valence-electron chi connectivity index (χ0n) is 8.77. The molecule has 18 heavy (non-hydrogen) atoms. The van der Waals surface area contributed by atoms with Crippen molar-refractivity contribution in [2.45, 2.75) is 30.7 Å². The van der Waals surface area contributed by atoms with Gasteiger partial charge in [0.05, 0.1) is 6.61 Å². The van der Waals surface area contributed by atoms with E-state index in [-0.39, 0.29) is 0 Å². The molecule has 1 fully saturated rings. The number of rotatable bonds is 5. The third kappa shape index (κ3) is 3.23.